The van der Waals surface area contributed by atoms with Gasteiger partial charge in [-0.3, -0.25) is 4.99 Å². The summed E-state index contributed by atoms with van der Waals surface area (Å²) in [5, 5.41) is 7.24. The van der Waals surface area contributed by atoms with E-state index in [4.69, 9.17) is 9.47 Å². The molecule has 0 radical (unpaired) electrons. The second-order valence-electron chi connectivity index (χ2n) is 8.68. The number of nitrogens with zero attached hydrogens (tertiary/aromatic N) is 3. The van der Waals surface area contributed by atoms with Gasteiger partial charge in [-0.05, 0) is 57.0 Å². The predicted octanol–water partition coefficient (Wildman–Crippen LogP) is 1.63. The van der Waals surface area contributed by atoms with E-state index < -0.39 is 0 Å². The van der Waals surface area contributed by atoms with Gasteiger partial charge in [0.05, 0.1) is 13.2 Å². The van der Waals surface area contributed by atoms with Crippen molar-refractivity contribution in [3.8, 4) is 0 Å². The maximum atomic E-state index is 5.52. The molecule has 0 aromatic rings. The normalized spacial score (nSPS) is 25.7. The average molecular weight is 524 g/mol. The molecule has 3 aliphatic heterocycles. The van der Waals surface area contributed by atoms with Crippen molar-refractivity contribution in [1.82, 2.24) is 20.4 Å². The minimum absolute atomic E-state index is 0. The number of ether oxygens (including phenoxy) is 2. The number of likely N-dealkylation sites (tertiary alicyclic amines) is 2. The third-order valence-electron chi connectivity index (χ3n) is 6.57. The molecule has 3 rings (SSSR count). The summed E-state index contributed by atoms with van der Waals surface area (Å²) in [5.41, 5.74) is 0. The first kappa shape index (κ1) is 25.1. The number of halogens is 1. The molecule has 8 heteroatoms. The van der Waals surface area contributed by atoms with Gasteiger partial charge in [-0.2, -0.15) is 0 Å². The molecule has 3 fully saturated rings. The molecule has 0 aromatic carbocycles. The van der Waals surface area contributed by atoms with Crippen LogP contribution in [-0.2, 0) is 9.47 Å². The Morgan fingerprint density at radius 2 is 1.76 bits per heavy atom. The zero-order valence-corrected chi connectivity index (χ0v) is 20.7. The maximum absolute atomic E-state index is 5.52. The highest BCUT2D eigenvalue weighted by Crippen LogP contribution is 2.18. The highest BCUT2D eigenvalue weighted by molar-refractivity contribution is 14.0. The molecule has 0 amide bonds. The highest BCUT2D eigenvalue weighted by atomic mass is 127. The predicted molar refractivity (Wildman–Crippen MR) is 129 cm³/mol. The van der Waals surface area contributed by atoms with Crippen LogP contribution in [0.1, 0.15) is 32.1 Å². The van der Waals surface area contributed by atoms with Gasteiger partial charge in [-0.15, -0.1) is 24.0 Å². The minimum Gasteiger partial charge on any atom is -0.383 e. The molecule has 1 atom stereocenters. The summed E-state index contributed by atoms with van der Waals surface area (Å²) in [7, 11) is 3.67. The third kappa shape index (κ3) is 8.85. The topological polar surface area (TPSA) is 61.4 Å². The van der Waals surface area contributed by atoms with Crippen LogP contribution in [0.25, 0.3) is 0 Å². The molecular weight excluding hydrogens is 481 g/mol. The first-order valence-corrected chi connectivity index (χ1v) is 11.3. The number of piperidine rings is 2. The van der Waals surface area contributed by atoms with E-state index in [9.17, 15) is 0 Å². The van der Waals surface area contributed by atoms with Crippen LogP contribution in [0.4, 0.5) is 0 Å². The van der Waals surface area contributed by atoms with Crippen LogP contribution < -0.4 is 10.6 Å². The second-order valence-corrected chi connectivity index (χ2v) is 8.68. The highest BCUT2D eigenvalue weighted by Gasteiger charge is 2.24. The van der Waals surface area contributed by atoms with Crippen LogP contribution >= 0.6 is 24.0 Å². The molecule has 29 heavy (non-hydrogen) atoms. The van der Waals surface area contributed by atoms with Crippen molar-refractivity contribution in [2.75, 3.05) is 79.8 Å². The quantitative estimate of drug-likeness (QED) is 0.287. The van der Waals surface area contributed by atoms with Crippen molar-refractivity contribution in [2.45, 2.75) is 38.1 Å². The van der Waals surface area contributed by atoms with Gasteiger partial charge in [0.15, 0.2) is 5.96 Å². The fourth-order valence-corrected chi connectivity index (χ4v) is 4.62. The largest absolute Gasteiger partial charge is 0.383 e. The Labute approximate surface area is 194 Å². The molecule has 0 aliphatic carbocycles. The van der Waals surface area contributed by atoms with E-state index >= 15 is 0 Å². The molecule has 0 saturated carbocycles. The summed E-state index contributed by atoms with van der Waals surface area (Å²) >= 11 is 0. The number of nitrogens with one attached hydrogen (secondary N) is 2. The van der Waals surface area contributed by atoms with Crippen LogP contribution in [0, 0.1) is 11.8 Å². The van der Waals surface area contributed by atoms with Gasteiger partial charge >= 0.3 is 0 Å². The maximum Gasteiger partial charge on any atom is 0.191 e. The summed E-state index contributed by atoms with van der Waals surface area (Å²) in [6.45, 7) is 10.8. The van der Waals surface area contributed by atoms with E-state index in [1.165, 1.54) is 64.8 Å². The number of hydrogen-bond donors (Lipinski definition) is 2. The van der Waals surface area contributed by atoms with Crippen molar-refractivity contribution in [2.24, 2.45) is 16.8 Å². The van der Waals surface area contributed by atoms with Crippen LogP contribution in [0.2, 0.25) is 0 Å². The first-order chi connectivity index (χ1) is 13.8. The van der Waals surface area contributed by atoms with Gasteiger partial charge in [0, 0.05) is 59.5 Å². The molecule has 3 heterocycles. The minimum atomic E-state index is 0. The molecule has 3 saturated heterocycles. The Balaban J connectivity index is 0.00000300. The third-order valence-corrected chi connectivity index (χ3v) is 6.57. The fourth-order valence-electron chi connectivity index (χ4n) is 4.62. The lowest BCUT2D eigenvalue weighted by molar-refractivity contribution is 0.120. The molecular formula is C21H42IN5O2. The first-order valence-electron chi connectivity index (χ1n) is 11.3. The lowest BCUT2D eigenvalue weighted by Crippen LogP contribution is -2.50. The van der Waals surface area contributed by atoms with E-state index in [-0.39, 0.29) is 24.0 Å². The number of methoxy groups -OCH3 is 1. The Morgan fingerprint density at radius 1 is 1.03 bits per heavy atom. The zero-order chi connectivity index (χ0) is 19.6. The van der Waals surface area contributed by atoms with Crippen molar-refractivity contribution in [3.63, 3.8) is 0 Å². The van der Waals surface area contributed by atoms with Gasteiger partial charge in [0.2, 0.25) is 0 Å². The summed E-state index contributed by atoms with van der Waals surface area (Å²) in [6, 6.07) is 0.540. The van der Waals surface area contributed by atoms with Crippen molar-refractivity contribution < 1.29 is 9.47 Å². The van der Waals surface area contributed by atoms with E-state index in [0.29, 0.717) is 6.04 Å². The van der Waals surface area contributed by atoms with E-state index in [1.54, 1.807) is 7.11 Å². The zero-order valence-electron chi connectivity index (χ0n) is 18.4. The van der Waals surface area contributed by atoms with Gasteiger partial charge in [-0.25, -0.2) is 0 Å². The monoisotopic (exact) mass is 523 g/mol. The smallest absolute Gasteiger partial charge is 0.191 e. The van der Waals surface area contributed by atoms with Crippen LogP contribution in [0.3, 0.4) is 0 Å². The molecule has 0 aromatic heterocycles. The number of rotatable bonds is 8. The van der Waals surface area contributed by atoms with Crippen LogP contribution in [0.15, 0.2) is 4.99 Å². The molecule has 0 bridgehead atoms. The number of hydrogen-bond acceptors (Lipinski definition) is 5. The Kier molecular flexibility index (Phi) is 12.1. The fraction of sp³-hybridized carbons (Fsp3) is 0.952. The average Bonchev–Trinajstić information content (AvgIpc) is 3.24. The van der Waals surface area contributed by atoms with Crippen LogP contribution in [0.5, 0.6) is 0 Å². The molecule has 7 nitrogen and oxygen atoms in total. The van der Waals surface area contributed by atoms with Crippen molar-refractivity contribution in [1.29, 1.82) is 0 Å². The molecule has 1 unspecified atom stereocenters. The van der Waals surface area contributed by atoms with Crippen molar-refractivity contribution in [3.05, 3.63) is 0 Å². The lowest BCUT2D eigenvalue weighted by Gasteiger charge is -2.35. The van der Waals surface area contributed by atoms with Gasteiger partial charge < -0.3 is 29.9 Å². The number of aliphatic imine (C=N–C) groups is 1. The van der Waals surface area contributed by atoms with Crippen LogP contribution in [-0.4, -0.2) is 102 Å². The van der Waals surface area contributed by atoms with Gasteiger partial charge in [0.1, 0.15) is 0 Å². The van der Waals surface area contributed by atoms with E-state index in [2.05, 4.69) is 25.4 Å². The van der Waals surface area contributed by atoms with E-state index in [0.717, 1.165) is 50.7 Å². The summed E-state index contributed by atoms with van der Waals surface area (Å²) in [4.78, 5) is 9.59. The van der Waals surface area contributed by atoms with Gasteiger partial charge in [0.25, 0.3) is 0 Å². The summed E-state index contributed by atoms with van der Waals surface area (Å²) < 4.78 is 10.7. The number of guanidine groups is 1. The Hall–Kier alpha value is -0.160. The summed E-state index contributed by atoms with van der Waals surface area (Å²) in [6.07, 6.45) is 6.16. The Bertz CT molecular complexity index is 460. The van der Waals surface area contributed by atoms with Crippen molar-refractivity contribution >= 4 is 29.9 Å². The van der Waals surface area contributed by atoms with Gasteiger partial charge in [-0.1, -0.05) is 0 Å². The molecule has 170 valence electrons. The Morgan fingerprint density at radius 3 is 2.38 bits per heavy atom. The van der Waals surface area contributed by atoms with E-state index in [1.807, 2.05) is 7.05 Å². The second kappa shape index (κ2) is 14.0. The lowest BCUT2D eigenvalue weighted by atomic mass is 9.97. The standard InChI is InChI=1S/C21H41N5O2.HI/c1-22-21(23-15-18-3-8-25(9-4-18)12-14-27-2)24-20-5-10-26(11-6-20)16-19-7-13-28-17-19;/h18-20H,3-17H2,1-2H3,(H2,22,23,24);1H. The SMILES string of the molecule is CN=C(NCC1CCN(CCOC)CC1)NC1CCN(CC2CCOC2)CC1.I. The molecule has 3 aliphatic rings. The summed E-state index contributed by atoms with van der Waals surface area (Å²) in [5.74, 6) is 2.47. The molecule has 0 spiro atoms. The molecule has 2 N–H and O–H groups in total.